The summed E-state index contributed by atoms with van der Waals surface area (Å²) in [5.41, 5.74) is -1.96. The SMILES string of the molecule is C/C=C/C(=O)OC[C@]1(C)C2CC[C@]3(C)C(CC=C4C5CC(C)(C)[C@@H](OC(=O)/C=C/C)[C@H](O)[C@]5(CO)[C@H](O)C[C@]43C)[C@@]2(C)CC[C@@H]1O. The number of esters is 2. The van der Waals surface area contributed by atoms with Crippen LogP contribution in [0.4, 0.5) is 0 Å². The quantitative estimate of drug-likeness (QED) is 0.175. The van der Waals surface area contributed by atoms with Crippen LogP contribution in [0.1, 0.15) is 100 Å². The summed E-state index contributed by atoms with van der Waals surface area (Å²) in [7, 11) is 0. The van der Waals surface area contributed by atoms with Gasteiger partial charge in [0.15, 0.2) is 0 Å². The number of ether oxygens (including phenoxy) is 2. The van der Waals surface area contributed by atoms with Crippen LogP contribution in [-0.2, 0) is 19.1 Å². The largest absolute Gasteiger partial charge is 0.462 e. The fourth-order valence-corrected chi connectivity index (χ4v) is 11.8. The maximum atomic E-state index is 12.6. The Hall–Kier alpha value is -2.00. The van der Waals surface area contributed by atoms with Crippen molar-refractivity contribution < 1.29 is 39.5 Å². The van der Waals surface area contributed by atoms with Crippen LogP contribution in [0.25, 0.3) is 0 Å². The van der Waals surface area contributed by atoms with Crippen molar-refractivity contribution in [1.29, 1.82) is 0 Å². The Bertz CT molecular complexity index is 1300. The van der Waals surface area contributed by atoms with E-state index >= 15 is 0 Å². The van der Waals surface area contributed by atoms with E-state index in [-0.39, 0.29) is 41.2 Å². The molecule has 8 heteroatoms. The van der Waals surface area contributed by atoms with Crippen LogP contribution < -0.4 is 0 Å². The van der Waals surface area contributed by atoms with Gasteiger partial charge in [0.1, 0.15) is 12.2 Å². The molecule has 5 aliphatic carbocycles. The van der Waals surface area contributed by atoms with Crippen LogP contribution in [0.3, 0.4) is 0 Å². The number of fused-ring (bicyclic) bond motifs is 7. The van der Waals surface area contributed by atoms with Gasteiger partial charge in [0.05, 0.1) is 30.8 Å². The van der Waals surface area contributed by atoms with Crippen molar-refractivity contribution in [3.63, 3.8) is 0 Å². The highest BCUT2D eigenvalue weighted by atomic mass is 16.6. The fraction of sp³-hybridized carbons (Fsp3) is 0.789. The molecule has 5 rings (SSSR count). The minimum atomic E-state index is -1.25. The first kappa shape index (κ1) is 35.3. The maximum absolute atomic E-state index is 12.6. The molecule has 4 N–H and O–H groups in total. The molecule has 258 valence electrons. The number of hydrogen-bond acceptors (Lipinski definition) is 8. The molecule has 0 saturated heterocycles. The smallest absolute Gasteiger partial charge is 0.330 e. The summed E-state index contributed by atoms with van der Waals surface area (Å²) in [6.45, 7) is 16.4. The normalized spacial score (nSPS) is 48.1. The molecular formula is C38H58O8. The molecule has 0 aromatic rings. The zero-order valence-corrected chi connectivity index (χ0v) is 29.2. The summed E-state index contributed by atoms with van der Waals surface area (Å²) in [5, 5.41) is 46.6. The van der Waals surface area contributed by atoms with E-state index in [0.29, 0.717) is 19.3 Å². The molecule has 0 spiro atoms. The van der Waals surface area contributed by atoms with Crippen molar-refractivity contribution in [2.24, 2.45) is 50.2 Å². The van der Waals surface area contributed by atoms with Crippen molar-refractivity contribution in [2.45, 2.75) is 125 Å². The van der Waals surface area contributed by atoms with Crippen LogP contribution in [-0.4, -0.2) is 70.0 Å². The van der Waals surface area contributed by atoms with Crippen LogP contribution in [0.2, 0.25) is 0 Å². The second-order valence-electron chi connectivity index (χ2n) is 17.0. The third kappa shape index (κ3) is 4.82. The Balaban J connectivity index is 1.54. The van der Waals surface area contributed by atoms with Gasteiger partial charge in [-0.05, 0) is 92.8 Å². The lowest BCUT2D eigenvalue weighted by molar-refractivity contribution is -0.262. The summed E-state index contributed by atoms with van der Waals surface area (Å²) in [6, 6.07) is 0. The van der Waals surface area contributed by atoms with Gasteiger partial charge in [0.2, 0.25) is 0 Å². The molecule has 0 aromatic heterocycles. The van der Waals surface area contributed by atoms with Crippen LogP contribution >= 0.6 is 0 Å². The van der Waals surface area contributed by atoms with Crippen LogP contribution in [0.15, 0.2) is 36.0 Å². The van der Waals surface area contributed by atoms with Gasteiger partial charge in [-0.3, -0.25) is 0 Å². The molecule has 4 fully saturated rings. The van der Waals surface area contributed by atoms with Gasteiger partial charge < -0.3 is 29.9 Å². The van der Waals surface area contributed by atoms with Gasteiger partial charge in [-0.2, -0.15) is 0 Å². The topological polar surface area (TPSA) is 134 Å². The first-order valence-corrected chi connectivity index (χ1v) is 17.4. The molecule has 0 bridgehead atoms. The van der Waals surface area contributed by atoms with Gasteiger partial charge in [-0.15, -0.1) is 0 Å². The molecule has 5 aliphatic rings. The second kappa shape index (κ2) is 11.9. The van der Waals surface area contributed by atoms with Crippen molar-refractivity contribution in [2.75, 3.05) is 13.2 Å². The predicted molar refractivity (Wildman–Crippen MR) is 175 cm³/mol. The second-order valence-corrected chi connectivity index (χ2v) is 17.0. The lowest BCUT2D eigenvalue weighted by Crippen LogP contribution is -2.72. The molecule has 3 unspecified atom stereocenters. The molecule has 0 aliphatic heterocycles. The summed E-state index contributed by atoms with van der Waals surface area (Å²) < 4.78 is 11.5. The first-order valence-electron chi connectivity index (χ1n) is 17.4. The number of hydrogen-bond donors (Lipinski definition) is 4. The number of aliphatic hydroxyl groups excluding tert-OH is 4. The highest BCUT2D eigenvalue weighted by Crippen LogP contribution is 2.75. The van der Waals surface area contributed by atoms with Crippen molar-refractivity contribution in [3.8, 4) is 0 Å². The Kier molecular flexibility index (Phi) is 9.10. The number of aliphatic hydroxyl groups is 4. The summed E-state index contributed by atoms with van der Waals surface area (Å²) in [5.74, 6) is -0.815. The van der Waals surface area contributed by atoms with Crippen molar-refractivity contribution in [3.05, 3.63) is 36.0 Å². The Morgan fingerprint density at radius 1 is 0.891 bits per heavy atom. The average Bonchev–Trinajstić information content (AvgIpc) is 2.97. The Labute approximate surface area is 275 Å². The van der Waals surface area contributed by atoms with E-state index in [0.717, 1.165) is 25.7 Å². The standard InChI is InChI=1S/C38H58O8/c1-9-11-29(42)45-22-35(6)25-15-18-36(7)26(34(25,5)17-16-27(35)40)14-13-23-24-19-33(3,4)32(46-30(43)12-10-2)31(44)38(24,21-39)28(41)20-37(23,36)8/h9-13,24-28,31-32,39-41,44H,14-22H2,1-8H3/b11-9+,12-10+/t24?,25?,26?,27-,28+,31-,32-,34-,35+,36+,37+,38-/m0/s1. The highest BCUT2D eigenvalue weighted by Gasteiger charge is 2.73. The molecule has 0 aromatic carbocycles. The highest BCUT2D eigenvalue weighted by molar-refractivity contribution is 5.82. The van der Waals surface area contributed by atoms with Gasteiger partial charge in [-0.25, -0.2) is 9.59 Å². The minimum absolute atomic E-state index is 0.132. The maximum Gasteiger partial charge on any atom is 0.330 e. The monoisotopic (exact) mass is 642 g/mol. The zero-order valence-electron chi connectivity index (χ0n) is 29.2. The third-order valence-corrected chi connectivity index (χ3v) is 14.5. The number of allylic oxidation sites excluding steroid dienone is 4. The number of rotatable bonds is 6. The summed E-state index contributed by atoms with van der Waals surface area (Å²) in [6.07, 6.45) is 9.68. The zero-order chi connectivity index (χ0) is 34.1. The molecule has 46 heavy (non-hydrogen) atoms. The molecule has 12 atom stereocenters. The van der Waals surface area contributed by atoms with Gasteiger partial charge in [0, 0.05) is 23.0 Å². The van der Waals surface area contributed by atoms with Gasteiger partial charge in [-0.1, -0.05) is 65.3 Å². The minimum Gasteiger partial charge on any atom is -0.462 e. The van der Waals surface area contributed by atoms with E-state index in [9.17, 15) is 30.0 Å². The predicted octanol–water partition coefficient (Wildman–Crippen LogP) is 5.28. The van der Waals surface area contributed by atoms with Crippen LogP contribution in [0.5, 0.6) is 0 Å². The van der Waals surface area contributed by atoms with E-state index in [1.807, 2.05) is 13.8 Å². The molecule has 0 heterocycles. The van der Waals surface area contributed by atoms with Crippen molar-refractivity contribution >= 4 is 11.9 Å². The fourth-order valence-electron chi connectivity index (χ4n) is 11.8. The van der Waals surface area contributed by atoms with E-state index in [2.05, 4.69) is 33.8 Å². The molecular weight excluding hydrogens is 584 g/mol. The lowest BCUT2D eigenvalue weighted by atomic mass is 9.33. The van der Waals surface area contributed by atoms with Crippen LogP contribution in [0, 0.1) is 50.2 Å². The summed E-state index contributed by atoms with van der Waals surface area (Å²) >= 11 is 0. The van der Waals surface area contributed by atoms with E-state index in [1.165, 1.54) is 17.7 Å². The average molecular weight is 643 g/mol. The lowest BCUT2D eigenvalue weighted by Gasteiger charge is -2.72. The molecule has 0 radical (unpaired) electrons. The molecule has 4 saturated carbocycles. The Morgan fingerprint density at radius 2 is 1.54 bits per heavy atom. The Morgan fingerprint density at radius 3 is 2.17 bits per heavy atom. The molecule has 0 amide bonds. The third-order valence-electron chi connectivity index (χ3n) is 14.5. The van der Waals surface area contributed by atoms with E-state index in [1.54, 1.807) is 26.0 Å². The van der Waals surface area contributed by atoms with E-state index < -0.39 is 58.7 Å². The number of carbonyl (C=O) groups is 2. The first-order chi connectivity index (χ1) is 21.4. The van der Waals surface area contributed by atoms with Gasteiger partial charge in [0.25, 0.3) is 0 Å². The van der Waals surface area contributed by atoms with Gasteiger partial charge >= 0.3 is 11.9 Å². The van der Waals surface area contributed by atoms with E-state index in [4.69, 9.17) is 9.47 Å². The van der Waals surface area contributed by atoms with Crippen molar-refractivity contribution in [1.82, 2.24) is 0 Å². The molecule has 8 nitrogen and oxygen atoms in total. The number of carbonyl (C=O) groups excluding carboxylic acids is 2. The summed E-state index contributed by atoms with van der Waals surface area (Å²) in [4.78, 5) is 24.9.